The highest BCUT2D eigenvalue weighted by atomic mass is 32.2. The molecule has 1 rings (SSSR count). The van der Waals surface area contributed by atoms with Crippen LogP contribution in [0.5, 0.6) is 0 Å². The Kier molecular flexibility index (Phi) is 5.82. The van der Waals surface area contributed by atoms with Crippen LogP contribution in [0.15, 0.2) is 11.0 Å². The van der Waals surface area contributed by atoms with Crippen LogP contribution in [0.25, 0.3) is 0 Å². The van der Waals surface area contributed by atoms with Gasteiger partial charge in [-0.05, 0) is 24.2 Å². The van der Waals surface area contributed by atoms with Crippen molar-refractivity contribution in [3.63, 3.8) is 0 Å². The molecule has 0 amide bonds. The summed E-state index contributed by atoms with van der Waals surface area (Å²) in [4.78, 5) is 23.2. The van der Waals surface area contributed by atoms with E-state index in [0.29, 0.717) is 6.42 Å². The molecule has 0 aromatic heterocycles. The molecule has 0 bridgehead atoms. The molecular formula is C14H25NO4SSi. The molecule has 1 aliphatic carbocycles. The van der Waals surface area contributed by atoms with Crippen molar-refractivity contribution in [2.75, 3.05) is 5.75 Å². The van der Waals surface area contributed by atoms with Gasteiger partial charge in [-0.3, -0.25) is 9.59 Å². The Labute approximate surface area is 131 Å². The van der Waals surface area contributed by atoms with Crippen LogP contribution in [0.1, 0.15) is 27.2 Å². The fourth-order valence-corrected chi connectivity index (χ4v) is 4.03. The standard InChI is InChI=1S/C14H25NO4SSi/c1-14(2,3)21(4,5)19-11-6-9(16)7-12(11)20-8-10(15)13(17)18/h7,10-11H,6,8,15H2,1-5H3,(H,17,18)/t10-,11-/m0/s1. The van der Waals surface area contributed by atoms with Crippen molar-refractivity contribution < 1.29 is 19.1 Å². The molecule has 0 fully saturated rings. The summed E-state index contributed by atoms with van der Waals surface area (Å²) in [5.41, 5.74) is 5.51. The van der Waals surface area contributed by atoms with Gasteiger partial charge in [0.25, 0.3) is 0 Å². The molecular weight excluding hydrogens is 306 g/mol. The molecule has 0 saturated carbocycles. The van der Waals surface area contributed by atoms with Crippen LogP contribution >= 0.6 is 11.8 Å². The zero-order valence-corrected chi connectivity index (χ0v) is 15.1. The number of carbonyl (C=O) groups excluding carboxylic acids is 1. The number of carbonyl (C=O) groups is 2. The average Bonchev–Trinajstić information content (AvgIpc) is 2.63. The number of hydrogen-bond acceptors (Lipinski definition) is 5. The van der Waals surface area contributed by atoms with Gasteiger partial charge in [0.05, 0.1) is 6.10 Å². The Bertz CT molecular complexity index is 456. The molecule has 21 heavy (non-hydrogen) atoms. The van der Waals surface area contributed by atoms with E-state index in [1.54, 1.807) is 6.08 Å². The van der Waals surface area contributed by atoms with Crippen molar-refractivity contribution in [2.45, 2.75) is 57.5 Å². The Morgan fingerprint density at radius 1 is 1.57 bits per heavy atom. The first-order valence-corrected chi connectivity index (χ1v) is 10.9. The number of aliphatic carboxylic acids is 1. The lowest BCUT2D eigenvalue weighted by Crippen LogP contribution is -2.44. The first-order valence-electron chi connectivity index (χ1n) is 6.97. The normalized spacial score (nSPS) is 21.3. The number of allylic oxidation sites excluding steroid dienone is 1. The Hall–Kier alpha value is -0.633. The average molecular weight is 332 g/mol. The predicted molar refractivity (Wildman–Crippen MR) is 87.8 cm³/mol. The third kappa shape index (κ3) is 4.95. The summed E-state index contributed by atoms with van der Waals surface area (Å²) in [6.45, 7) is 10.7. The number of carboxylic acid groups (broad SMARTS) is 1. The minimum absolute atomic E-state index is 0.0325. The molecule has 2 atom stereocenters. The molecule has 3 N–H and O–H groups in total. The third-order valence-corrected chi connectivity index (χ3v) is 9.72. The van der Waals surface area contributed by atoms with E-state index >= 15 is 0 Å². The molecule has 0 unspecified atom stereocenters. The second-order valence-corrected chi connectivity index (χ2v) is 12.7. The molecule has 0 saturated heterocycles. The maximum Gasteiger partial charge on any atom is 0.321 e. The number of carboxylic acids is 1. The van der Waals surface area contributed by atoms with Gasteiger partial charge in [0, 0.05) is 17.1 Å². The monoisotopic (exact) mass is 331 g/mol. The van der Waals surface area contributed by atoms with Crippen LogP contribution in [0, 0.1) is 0 Å². The van der Waals surface area contributed by atoms with Crippen LogP contribution in [0.4, 0.5) is 0 Å². The highest BCUT2D eigenvalue weighted by Crippen LogP contribution is 2.41. The molecule has 120 valence electrons. The van der Waals surface area contributed by atoms with E-state index in [-0.39, 0.29) is 22.7 Å². The van der Waals surface area contributed by atoms with Crippen LogP contribution in [0.3, 0.4) is 0 Å². The molecule has 1 aliphatic rings. The van der Waals surface area contributed by atoms with Gasteiger partial charge in [-0.1, -0.05) is 20.8 Å². The van der Waals surface area contributed by atoms with Gasteiger partial charge in [0.1, 0.15) is 6.04 Å². The largest absolute Gasteiger partial charge is 0.480 e. The summed E-state index contributed by atoms with van der Waals surface area (Å²) < 4.78 is 6.28. The zero-order valence-electron chi connectivity index (χ0n) is 13.3. The summed E-state index contributed by atoms with van der Waals surface area (Å²) in [6, 6.07) is -0.930. The summed E-state index contributed by atoms with van der Waals surface area (Å²) in [5, 5.41) is 8.88. The van der Waals surface area contributed by atoms with Crippen LogP contribution in [-0.4, -0.2) is 43.1 Å². The predicted octanol–water partition coefficient (Wildman–Crippen LogP) is 2.38. The van der Waals surface area contributed by atoms with Gasteiger partial charge < -0.3 is 15.3 Å². The summed E-state index contributed by atoms with van der Waals surface area (Å²) in [7, 11) is -1.97. The number of nitrogens with two attached hydrogens (primary N) is 1. The Morgan fingerprint density at radius 3 is 2.62 bits per heavy atom. The summed E-state index contributed by atoms with van der Waals surface area (Å²) in [6.07, 6.45) is 1.66. The van der Waals surface area contributed by atoms with E-state index in [1.807, 2.05) is 0 Å². The van der Waals surface area contributed by atoms with Gasteiger partial charge in [0.2, 0.25) is 0 Å². The van der Waals surface area contributed by atoms with E-state index < -0.39 is 20.3 Å². The lowest BCUT2D eigenvalue weighted by atomic mass is 10.2. The van der Waals surface area contributed by atoms with Gasteiger partial charge in [-0.25, -0.2) is 0 Å². The number of rotatable bonds is 6. The second-order valence-electron chi connectivity index (χ2n) is 6.84. The van der Waals surface area contributed by atoms with Crippen molar-refractivity contribution in [3.8, 4) is 0 Å². The molecule has 0 spiro atoms. The fraction of sp³-hybridized carbons (Fsp3) is 0.714. The Balaban J connectivity index is 2.73. The highest BCUT2D eigenvalue weighted by Gasteiger charge is 2.41. The van der Waals surface area contributed by atoms with E-state index in [9.17, 15) is 9.59 Å². The Morgan fingerprint density at radius 2 is 2.14 bits per heavy atom. The van der Waals surface area contributed by atoms with Crippen LogP contribution < -0.4 is 5.73 Å². The van der Waals surface area contributed by atoms with Crippen LogP contribution in [-0.2, 0) is 14.0 Å². The molecule has 5 nitrogen and oxygen atoms in total. The highest BCUT2D eigenvalue weighted by molar-refractivity contribution is 8.03. The minimum Gasteiger partial charge on any atom is -0.480 e. The van der Waals surface area contributed by atoms with Crippen molar-refractivity contribution in [3.05, 3.63) is 11.0 Å². The fourth-order valence-electron chi connectivity index (χ4n) is 1.62. The number of hydrogen-bond donors (Lipinski definition) is 2. The summed E-state index contributed by atoms with van der Waals surface area (Å²) in [5.74, 6) is -0.759. The molecule has 0 heterocycles. The number of ketones is 1. The molecule has 0 radical (unpaired) electrons. The molecule has 0 aromatic rings. The SMILES string of the molecule is CC(C)(C)[Si](C)(C)O[C@H]1CC(=O)C=C1SC[C@H](N)C(=O)O. The van der Waals surface area contributed by atoms with Crippen molar-refractivity contribution in [1.82, 2.24) is 0 Å². The van der Waals surface area contributed by atoms with E-state index in [4.69, 9.17) is 15.3 Å². The van der Waals surface area contributed by atoms with Crippen LogP contribution in [0.2, 0.25) is 18.1 Å². The number of thioether (sulfide) groups is 1. The second kappa shape index (κ2) is 6.64. The third-order valence-electron chi connectivity index (χ3n) is 4.00. The quantitative estimate of drug-likeness (QED) is 0.726. The zero-order chi connectivity index (χ0) is 16.4. The lowest BCUT2D eigenvalue weighted by molar-refractivity contribution is -0.137. The molecule has 0 aromatic carbocycles. The smallest absolute Gasteiger partial charge is 0.321 e. The first-order chi connectivity index (χ1) is 9.44. The van der Waals surface area contributed by atoms with E-state index in [1.165, 1.54) is 11.8 Å². The van der Waals surface area contributed by atoms with Gasteiger partial charge in [0.15, 0.2) is 14.1 Å². The van der Waals surface area contributed by atoms with E-state index in [0.717, 1.165) is 4.91 Å². The van der Waals surface area contributed by atoms with E-state index in [2.05, 4.69) is 33.9 Å². The maximum atomic E-state index is 11.7. The minimum atomic E-state index is -1.97. The summed E-state index contributed by atoms with van der Waals surface area (Å²) >= 11 is 1.32. The van der Waals surface area contributed by atoms with Gasteiger partial charge in [-0.2, -0.15) is 0 Å². The topological polar surface area (TPSA) is 89.6 Å². The maximum absolute atomic E-state index is 11.7. The molecule has 0 aliphatic heterocycles. The molecule has 7 heteroatoms. The van der Waals surface area contributed by atoms with Crippen molar-refractivity contribution in [2.24, 2.45) is 5.73 Å². The van der Waals surface area contributed by atoms with Crippen molar-refractivity contribution >= 4 is 31.8 Å². The van der Waals surface area contributed by atoms with Gasteiger partial charge >= 0.3 is 5.97 Å². The lowest BCUT2D eigenvalue weighted by Gasteiger charge is -2.38. The van der Waals surface area contributed by atoms with Crippen molar-refractivity contribution in [1.29, 1.82) is 0 Å². The first kappa shape index (κ1) is 18.4. The van der Waals surface area contributed by atoms with Gasteiger partial charge in [-0.15, -0.1) is 11.8 Å².